The number of rotatable bonds is 5. The van der Waals surface area contributed by atoms with Gasteiger partial charge in [-0.3, -0.25) is 14.5 Å². The Labute approximate surface area is 145 Å². The Hall–Kier alpha value is -2.76. The van der Waals surface area contributed by atoms with Crippen molar-refractivity contribution in [3.8, 4) is 11.4 Å². The molecule has 1 aliphatic heterocycles. The van der Waals surface area contributed by atoms with Gasteiger partial charge in [0.15, 0.2) is 0 Å². The van der Waals surface area contributed by atoms with E-state index in [-0.39, 0.29) is 23.7 Å². The van der Waals surface area contributed by atoms with Gasteiger partial charge in [0, 0.05) is 18.5 Å². The molecule has 0 saturated carbocycles. The minimum atomic E-state index is -0.161. The monoisotopic (exact) mass is 337 g/mol. The largest absolute Gasteiger partial charge is 0.339 e. The first-order valence-corrected chi connectivity index (χ1v) is 8.62. The second-order valence-electron chi connectivity index (χ2n) is 6.47. The molecule has 25 heavy (non-hydrogen) atoms. The molecule has 4 rings (SSSR count). The minimum Gasteiger partial charge on any atom is -0.339 e. The SMILES string of the molecule is O=C1[C@@H]2CC=CC[C@H]2C(=O)N1CCCc1nc(-c2ccccc2)no1. The van der Waals surface area contributed by atoms with Gasteiger partial charge in [0.05, 0.1) is 11.8 Å². The summed E-state index contributed by atoms with van der Waals surface area (Å²) in [5.41, 5.74) is 0.902. The fourth-order valence-electron chi connectivity index (χ4n) is 3.54. The molecule has 1 saturated heterocycles. The number of carbonyl (C=O) groups excluding carboxylic acids is 2. The number of benzene rings is 1. The van der Waals surface area contributed by atoms with E-state index in [0.717, 1.165) is 5.56 Å². The molecule has 2 atom stereocenters. The lowest BCUT2D eigenvalue weighted by molar-refractivity contribution is -0.139. The summed E-state index contributed by atoms with van der Waals surface area (Å²) in [7, 11) is 0. The van der Waals surface area contributed by atoms with Crippen LogP contribution >= 0.6 is 0 Å². The van der Waals surface area contributed by atoms with Crippen molar-refractivity contribution in [2.45, 2.75) is 25.7 Å². The number of hydrogen-bond acceptors (Lipinski definition) is 5. The minimum absolute atomic E-state index is 0.0325. The average molecular weight is 337 g/mol. The highest BCUT2D eigenvalue weighted by Gasteiger charge is 2.46. The number of imide groups is 1. The number of amides is 2. The van der Waals surface area contributed by atoms with Crippen molar-refractivity contribution in [1.82, 2.24) is 15.0 Å². The molecular formula is C19H19N3O3. The Balaban J connectivity index is 1.35. The first kappa shape index (κ1) is 15.7. The lowest BCUT2D eigenvalue weighted by atomic mass is 9.85. The molecule has 2 aliphatic rings. The standard InChI is InChI=1S/C19H19N3O3/c23-18-14-9-4-5-10-15(14)19(24)22(18)12-6-11-16-20-17(21-25-16)13-7-2-1-3-8-13/h1-5,7-8,14-15H,6,9-12H2/t14-,15-/m1/s1. The Morgan fingerprint density at radius 1 is 1.04 bits per heavy atom. The van der Waals surface area contributed by atoms with E-state index in [2.05, 4.69) is 10.1 Å². The molecule has 1 aromatic carbocycles. The molecule has 0 spiro atoms. The van der Waals surface area contributed by atoms with Gasteiger partial charge in [0.2, 0.25) is 23.5 Å². The zero-order valence-corrected chi connectivity index (χ0v) is 13.8. The van der Waals surface area contributed by atoms with Gasteiger partial charge < -0.3 is 4.52 Å². The number of likely N-dealkylation sites (tertiary alicyclic amines) is 1. The van der Waals surface area contributed by atoms with Crippen molar-refractivity contribution in [2.75, 3.05) is 6.54 Å². The molecule has 0 unspecified atom stereocenters. The number of aromatic nitrogens is 2. The molecule has 0 radical (unpaired) electrons. The first-order valence-electron chi connectivity index (χ1n) is 8.62. The van der Waals surface area contributed by atoms with Crippen molar-refractivity contribution in [1.29, 1.82) is 0 Å². The highest BCUT2D eigenvalue weighted by atomic mass is 16.5. The van der Waals surface area contributed by atoms with E-state index in [1.54, 1.807) is 0 Å². The van der Waals surface area contributed by atoms with Crippen LogP contribution in [0.15, 0.2) is 47.0 Å². The maximum absolute atomic E-state index is 12.4. The van der Waals surface area contributed by atoms with E-state index in [1.807, 2.05) is 42.5 Å². The summed E-state index contributed by atoms with van der Waals surface area (Å²) < 4.78 is 5.27. The molecule has 128 valence electrons. The third-order valence-corrected chi connectivity index (χ3v) is 4.87. The van der Waals surface area contributed by atoms with Gasteiger partial charge in [-0.2, -0.15) is 4.98 Å². The normalized spacial score (nSPS) is 22.5. The van der Waals surface area contributed by atoms with Gasteiger partial charge in [-0.05, 0) is 19.3 Å². The van der Waals surface area contributed by atoms with Crippen LogP contribution in [-0.4, -0.2) is 33.4 Å². The lowest BCUT2D eigenvalue weighted by Gasteiger charge is -2.14. The summed E-state index contributed by atoms with van der Waals surface area (Å²) in [6.45, 7) is 0.410. The summed E-state index contributed by atoms with van der Waals surface area (Å²) in [6, 6.07) is 9.62. The van der Waals surface area contributed by atoms with Crippen LogP contribution in [0.1, 0.15) is 25.2 Å². The Bertz CT molecular complexity index is 786. The highest BCUT2D eigenvalue weighted by Crippen LogP contribution is 2.35. The zero-order valence-electron chi connectivity index (χ0n) is 13.8. The summed E-state index contributed by atoms with van der Waals surface area (Å²) in [4.78, 5) is 30.6. The molecule has 2 aromatic rings. The van der Waals surface area contributed by atoms with E-state index in [1.165, 1.54) is 4.90 Å². The summed E-state index contributed by atoms with van der Waals surface area (Å²) >= 11 is 0. The number of nitrogens with zero attached hydrogens (tertiary/aromatic N) is 3. The van der Waals surface area contributed by atoms with Crippen LogP contribution in [0.3, 0.4) is 0 Å². The van der Waals surface area contributed by atoms with Gasteiger partial charge in [0.25, 0.3) is 0 Å². The zero-order chi connectivity index (χ0) is 17.2. The van der Waals surface area contributed by atoms with Crippen LogP contribution in [-0.2, 0) is 16.0 Å². The molecule has 1 fully saturated rings. The molecular weight excluding hydrogens is 318 g/mol. The quantitative estimate of drug-likeness (QED) is 0.619. The number of carbonyl (C=O) groups is 2. The van der Waals surface area contributed by atoms with Crippen molar-refractivity contribution in [2.24, 2.45) is 11.8 Å². The fraction of sp³-hybridized carbons (Fsp3) is 0.368. The van der Waals surface area contributed by atoms with Crippen LogP contribution in [0.4, 0.5) is 0 Å². The van der Waals surface area contributed by atoms with Gasteiger partial charge >= 0.3 is 0 Å². The number of allylic oxidation sites excluding steroid dienone is 2. The van der Waals surface area contributed by atoms with E-state index >= 15 is 0 Å². The molecule has 2 amide bonds. The molecule has 0 bridgehead atoms. The summed E-state index contributed by atoms with van der Waals surface area (Å²) in [6.07, 6.45) is 6.52. The molecule has 6 nitrogen and oxygen atoms in total. The second kappa shape index (κ2) is 6.63. The maximum Gasteiger partial charge on any atom is 0.233 e. The number of aryl methyl sites for hydroxylation is 1. The van der Waals surface area contributed by atoms with Crippen LogP contribution in [0, 0.1) is 11.8 Å². The van der Waals surface area contributed by atoms with Gasteiger partial charge in [-0.15, -0.1) is 0 Å². The third kappa shape index (κ3) is 2.99. The van der Waals surface area contributed by atoms with E-state index < -0.39 is 0 Å². The van der Waals surface area contributed by atoms with Gasteiger partial charge in [0.1, 0.15) is 0 Å². The van der Waals surface area contributed by atoms with E-state index in [9.17, 15) is 9.59 Å². The lowest BCUT2D eigenvalue weighted by Crippen LogP contribution is -2.32. The fourth-order valence-corrected chi connectivity index (χ4v) is 3.54. The van der Waals surface area contributed by atoms with Crippen molar-refractivity contribution in [3.05, 3.63) is 48.4 Å². The van der Waals surface area contributed by atoms with Gasteiger partial charge in [-0.1, -0.05) is 47.6 Å². The predicted octanol–water partition coefficient (Wildman–Crippen LogP) is 2.62. The molecule has 2 heterocycles. The number of hydrogen-bond donors (Lipinski definition) is 0. The highest BCUT2D eigenvalue weighted by molar-refractivity contribution is 6.05. The van der Waals surface area contributed by atoms with E-state index in [4.69, 9.17) is 4.52 Å². The topological polar surface area (TPSA) is 76.3 Å². The first-order chi connectivity index (χ1) is 12.2. The molecule has 0 N–H and O–H groups in total. The molecule has 1 aliphatic carbocycles. The second-order valence-corrected chi connectivity index (χ2v) is 6.47. The average Bonchev–Trinajstić information content (AvgIpc) is 3.22. The smallest absolute Gasteiger partial charge is 0.233 e. The van der Waals surface area contributed by atoms with Crippen LogP contribution < -0.4 is 0 Å². The van der Waals surface area contributed by atoms with Crippen LogP contribution in [0.5, 0.6) is 0 Å². The summed E-state index contributed by atoms with van der Waals surface area (Å²) in [5.74, 6) is 0.693. The molecule has 1 aromatic heterocycles. The Morgan fingerprint density at radius 2 is 1.72 bits per heavy atom. The predicted molar refractivity (Wildman–Crippen MR) is 90.1 cm³/mol. The maximum atomic E-state index is 12.4. The van der Waals surface area contributed by atoms with Gasteiger partial charge in [-0.25, -0.2) is 0 Å². The van der Waals surface area contributed by atoms with Crippen molar-refractivity contribution < 1.29 is 14.1 Å². The van der Waals surface area contributed by atoms with Crippen LogP contribution in [0.2, 0.25) is 0 Å². The Morgan fingerprint density at radius 3 is 2.40 bits per heavy atom. The Kier molecular flexibility index (Phi) is 4.17. The van der Waals surface area contributed by atoms with Crippen molar-refractivity contribution in [3.63, 3.8) is 0 Å². The molecule has 6 heteroatoms. The third-order valence-electron chi connectivity index (χ3n) is 4.87. The number of fused-ring (bicyclic) bond motifs is 1. The van der Waals surface area contributed by atoms with Crippen LogP contribution in [0.25, 0.3) is 11.4 Å². The summed E-state index contributed by atoms with van der Waals surface area (Å²) in [5, 5.41) is 3.98. The van der Waals surface area contributed by atoms with E-state index in [0.29, 0.717) is 43.9 Å². The van der Waals surface area contributed by atoms with Crippen molar-refractivity contribution >= 4 is 11.8 Å².